The number of hydrogen-bond donors (Lipinski definition) is 1. The lowest BCUT2D eigenvalue weighted by atomic mass is 10.2. The summed E-state index contributed by atoms with van der Waals surface area (Å²) in [6, 6.07) is 14.8. The molecule has 0 fully saturated rings. The number of nitrogens with zero attached hydrogens (tertiary/aromatic N) is 2. The summed E-state index contributed by atoms with van der Waals surface area (Å²) >= 11 is 3.40. The molecule has 6 nitrogen and oxygen atoms in total. The highest BCUT2D eigenvalue weighted by Crippen LogP contribution is 2.22. The summed E-state index contributed by atoms with van der Waals surface area (Å²) in [7, 11) is 1.61. The molecule has 2 aromatic carbocycles. The smallest absolute Gasteiger partial charge is 0.227 e. The second-order valence-electron chi connectivity index (χ2n) is 5.27. The number of aromatic nitrogens is 2. The average Bonchev–Trinajstić information content (AvgIpc) is 3.11. The Morgan fingerprint density at radius 3 is 2.68 bits per heavy atom. The van der Waals surface area contributed by atoms with Gasteiger partial charge in [-0.1, -0.05) is 17.3 Å². The fourth-order valence-corrected chi connectivity index (χ4v) is 2.59. The first-order valence-electron chi connectivity index (χ1n) is 7.67. The zero-order chi connectivity index (χ0) is 17.6. The largest absolute Gasteiger partial charge is 0.497 e. The molecule has 1 heterocycles. The van der Waals surface area contributed by atoms with Crippen LogP contribution in [0.1, 0.15) is 12.3 Å². The molecule has 0 bridgehead atoms. The van der Waals surface area contributed by atoms with E-state index in [0.717, 1.165) is 21.5 Å². The molecule has 1 N–H and O–H groups in total. The molecule has 1 amide bonds. The summed E-state index contributed by atoms with van der Waals surface area (Å²) in [5.41, 5.74) is 1.56. The topological polar surface area (TPSA) is 77.2 Å². The Morgan fingerprint density at radius 1 is 1.20 bits per heavy atom. The van der Waals surface area contributed by atoms with Crippen LogP contribution in [0.3, 0.4) is 0 Å². The number of carbonyl (C=O) groups is 1. The first kappa shape index (κ1) is 17.2. The minimum absolute atomic E-state index is 0.115. The Bertz CT molecular complexity index is 862. The summed E-state index contributed by atoms with van der Waals surface area (Å²) in [5, 5.41) is 6.79. The van der Waals surface area contributed by atoms with Gasteiger partial charge in [-0.2, -0.15) is 4.98 Å². The van der Waals surface area contributed by atoms with E-state index in [0.29, 0.717) is 18.1 Å². The molecule has 0 aliphatic rings. The van der Waals surface area contributed by atoms with E-state index in [1.165, 1.54) is 0 Å². The normalized spacial score (nSPS) is 10.5. The van der Waals surface area contributed by atoms with Gasteiger partial charge in [-0.05, 0) is 52.3 Å². The van der Waals surface area contributed by atoms with E-state index in [1.54, 1.807) is 7.11 Å². The second kappa shape index (κ2) is 7.94. The monoisotopic (exact) mass is 401 g/mol. The van der Waals surface area contributed by atoms with Crippen molar-refractivity contribution in [2.45, 2.75) is 12.8 Å². The lowest BCUT2D eigenvalue weighted by molar-refractivity contribution is -0.116. The van der Waals surface area contributed by atoms with E-state index in [4.69, 9.17) is 9.26 Å². The molecule has 3 rings (SSSR count). The number of para-hydroxylation sites is 1. The number of methoxy groups -OCH3 is 1. The molecular weight excluding hydrogens is 386 g/mol. The average molecular weight is 402 g/mol. The Morgan fingerprint density at radius 2 is 1.96 bits per heavy atom. The quantitative estimate of drug-likeness (QED) is 0.673. The number of anilines is 1. The zero-order valence-electron chi connectivity index (χ0n) is 13.5. The van der Waals surface area contributed by atoms with Gasteiger partial charge in [0.1, 0.15) is 5.75 Å². The van der Waals surface area contributed by atoms with Crippen molar-refractivity contribution in [3.63, 3.8) is 0 Å². The van der Waals surface area contributed by atoms with Crippen LogP contribution >= 0.6 is 15.9 Å². The Kier molecular flexibility index (Phi) is 5.45. The Hall–Kier alpha value is -2.67. The molecule has 3 aromatic rings. The minimum Gasteiger partial charge on any atom is -0.497 e. The standard InChI is InChI=1S/C18H16BrN3O3/c1-24-13-8-6-12(7-9-13)18-21-17(25-22-18)11-10-16(23)20-15-5-3-2-4-14(15)19/h2-9H,10-11H2,1H3,(H,20,23). The Balaban J connectivity index is 1.58. The van der Waals surface area contributed by atoms with Crippen LogP contribution in [-0.4, -0.2) is 23.2 Å². The van der Waals surface area contributed by atoms with Crippen LogP contribution in [0.5, 0.6) is 5.75 Å². The predicted molar refractivity (Wildman–Crippen MR) is 97.4 cm³/mol. The lowest BCUT2D eigenvalue weighted by Crippen LogP contribution is -2.12. The first-order chi connectivity index (χ1) is 12.2. The highest BCUT2D eigenvalue weighted by atomic mass is 79.9. The molecule has 25 heavy (non-hydrogen) atoms. The van der Waals surface area contributed by atoms with Gasteiger partial charge < -0.3 is 14.6 Å². The summed E-state index contributed by atoms with van der Waals surface area (Å²) in [5.74, 6) is 1.56. The number of aryl methyl sites for hydroxylation is 1. The van der Waals surface area contributed by atoms with Gasteiger partial charge in [0.15, 0.2) is 0 Å². The van der Waals surface area contributed by atoms with Gasteiger partial charge in [0.2, 0.25) is 17.6 Å². The third-order valence-corrected chi connectivity index (χ3v) is 4.22. The minimum atomic E-state index is -0.115. The molecule has 0 spiro atoms. The van der Waals surface area contributed by atoms with Crippen LogP contribution in [0, 0.1) is 0 Å². The fraction of sp³-hybridized carbons (Fsp3) is 0.167. The van der Waals surface area contributed by atoms with E-state index in [9.17, 15) is 4.79 Å². The summed E-state index contributed by atoms with van der Waals surface area (Å²) in [6.45, 7) is 0. The number of hydrogen-bond acceptors (Lipinski definition) is 5. The predicted octanol–water partition coefficient (Wildman–Crippen LogP) is 4.08. The van der Waals surface area contributed by atoms with Crippen LogP contribution in [0.4, 0.5) is 5.69 Å². The molecule has 128 valence electrons. The number of carbonyl (C=O) groups excluding carboxylic acids is 1. The van der Waals surface area contributed by atoms with Crippen LogP contribution in [0.15, 0.2) is 57.5 Å². The molecule has 0 saturated carbocycles. The van der Waals surface area contributed by atoms with Crippen molar-refractivity contribution in [1.82, 2.24) is 10.1 Å². The van der Waals surface area contributed by atoms with Crippen LogP contribution in [-0.2, 0) is 11.2 Å². The Labute approximate surface area is 153 Å². The van der Waals surface area contributed by atoms with Crippen LogP contribution < -0.4 is 10.1 Å². The maximum Gasteiger partial charge on any atom is 0.227 e. The van der Waals surface area contributed by atoms with E-state index in [1.807, 2.05) is 48.5 Å². The molecule has 0 aliphatic heterocycles. The molecule has 0 unspecified atom stereocenters. The number of benzene rings is 2. The van der Waals surface area contributed by atoms with Gasteiger partial charge in [0, 0.05) is 22.9 Å². The van der Waals surface area contributed by atoms with Crippen LogP contribution in [0.2, 0.25) is 0 Å². The van der Waals surface area contributed by atoms with E-state index in [2.05, 4.69) is 31.4 Å². The number of amides is 1. The lowest BCUT2D eigenvalue weighted by Gasteiger charge is -2.05. The molecule has 0 radical (unpaired) electrons. The number of halogens is 1. The maximum atomic E-state index is 12.0. The van der Waals surface area contributed by atoms with Gasteiger partial charge in [0.25, 0.3) is 0 Å². The van der Waals surface area contributed by atoms with Gasteiger partial charge in [-0.15, -0.1) is 0 Å². The van der Waals surface area contributed by atoms with Crippen molar-refractivity contribution >= 4 is 27.5 Å². The SMILES string of the molecule is COc1ccc(-c2noc(CCC(=O)Nc3ccccc3Br)n2)cc1. The fourth-order valence-electron chi connectivity index (χ4n) is 2.21. The van der Waals surface area contributed by atoms with E-state index in [-0.39, 0.29) is 12.3 Å². The molecule has 0 saturated heterocycles. The summed E-state index contributed by atoms with van der Waals surface area (Å²) in [6.07, 6.45) is 0.630. The van der Waals surface area contributed by atoms with Crippen molar-refractivity contribution in [3.05, 3.63) is 58.9 Å². The van der Waals surface area contributed by atoms with Gasteiger partial charge in [-0.3, -0.25) is 4.79 Å². The number of nitrogens with one attached hydrogen (secondary N) is 1. The zero-order valence-corrected chi connectivity index (χ0v) is 15.1. The van der Waals surface area contributed by atoms with Gasteiger partial charge in [0.05, 0.1) is 12.8 Å². The third-order valence-electron chi connectivity index (χ3n) is 3.53. The molecule has 0 atom stereocenters. The number of rotatable bonds is 6. The number of ether oxygens (including phenoxy) is 1. The second-order valence-corrected chi connectivity index (χ2v) is 6.12. The van der Waals surface area contributed by atoms with Crippen molar-refractivity contribution < 1.29 is 14.1 Å². The highest BCUT2D eigenvalue weighted by molar-refractivity contribution is 9.10. The first-order valence-corrected chi connectivity index (χ1v) is 8.46. The molecule has 7 heteroatoms. The molecular formula is C18H16BrN3O3. The van der Waals surface area contributed by atoms with E-state index < -0.39 is 0 Å². The molecule has 1 aromatic heterocycles. The summed E-state index contributed by atoms with van der Waals surface area (Å²) < 4.78 is 11.2. The van der Waals surface area contributed by atoms with Crippen molar-refractivity contribution in [1.29, 1.82) is 0 Å². The highest BCUT2D eigenvalue weighted by Gasteiger charge is 2.11. The van der Waals surface area contributed by atoms with Crippen molar-refractivity contribution in [3.8, 4) is 17.1 Å². The van der Waals surface area contributed by atoms with E-state index >= 15 is 0 Å². The van der Waals surface area contributed by atoms with Gasteiger partial charge >= 0.3 is 0 Å². The summed E-state index contributed by atoms with van der Waals surface area (Å²) in [4.78, 5) is 16.4. The van der Waals surface area contributed by atoms with Crippen molar-refractivity contribution in [2.24, 2.45) is 0 Å². The van der Waals surface area contributed by atoms with Gasteiger partial charge in [-0.25, -0.2) is 0 Å². The van der Waals surface area contributed by atoms with Crippen molar-refractivity contribution in [2.75, 3.05) is 12.4 Å². The van der Waals surface area contributed by atoms with Crippen LogP contribution in [0.25, 0.3) is 11.4 Å². The third kappa shape index (κ3) is 4.45. The molecule has 0 aliphatic carbocycles. The maximum absolute atomic E-state index is 12.0.